The Labute approximate surface area is 161 Å². The van der Waals surface area contributed by atoms with Crippen molar-refractivity contribution in [2.75, 3.05) is 0 Å². The number of fused-ring (bicyclic) bond motifs is 1. The van der Waals surface area contributed by atoms with E-state index in [1.54, 1.807) is 11.6 Å². The van der Waals surface area contributed by atoms with E-state index in [1.165, 1.54) is 6.07 Å². The third kappa shape index (κ3) is 3.18. The predicted molar refractivity (Wildman–Crippen MR) is 106 cm³/mol. The number of carbonyl (C=O) groups excluding carboxylic acids is 1. The van der Waals surface area contributed by atoms with Crippen LogP contribution in [0.1, 0.15) is 22.0 Å². The molecule has 7 heteroatoms. The first-order chi connectivity index (χ1) is 13.5. The fraction of sp³-hybridized carbons (Fsp3) is 0.143. The summed E-state index contributed by atoms with van der Waals surface area (Å²) in [6.45, 7) is 1.98. The van der Waals surface area contributed by atoms with Gasteiger partial charge in [0.2, 0.25) is 5.43 Å². The molecule has 0 radical (unpaired) electrons. The van der Waals surface area contributed by atoms with Gasteiger partial charge in [-0.1, -0.05) is 30.3 Å². The third-order valence-electron chi connectivity index (χ3n) is 4.61. The lowest BCUT2D eigenvalue weighted by atomic mass is 10.2. The normalized spacial score (nSPS) is 10.9. The Hall–Kier alpha value is -3.74. The van der Waals surface area contributed by atoms with Crippen molar-refractivity contribution in [1.82, 2.24) is 24.6 Å². The van der Waals surface area contributed by atoms with Crippen LogP contribution in [0.3, 0.4) is 0 Å². The first-order valence-corrected chi connectivity index (χ1v) is 8.89. The van der Waals surface area contributed by atoms with Crippen LogP contribution in [-0.4, -0.2) is 25.2 Å². The van der Waals surface area contributed by atoms with Gasteiger partial charge in [-0.2, -0.15) is 5.10 Å². The molecule has 7 nitrogen and oxygen atoms in total. The van der Waals surface area contributed by atoms with E-state index in [0.717, 1.165) is 16.7 Å². The van der Waals surface area contributed by atoms with E-state index in [9.17, 15) is 9.59 Å². The number of carbonyl (C=O) groups is 1. The van der Waals surface area contributed by atoms with E-state index in [1.807, 2.05) is 66.2 Å². The van der Waals surface area contributed by atoms with Crippen molar-refractivity contribution in [2.24, 2.45) is 7.05 Å². The van der Waals surface area contributed by atoms with E-state index in [-0.39, 0.29) is 12.2 Å². The summed E-state index contributed by atoms with van der Waals surface area (Å²) in [4.78, 5) is 29.5. The van der Waals surface area contributed by atoms with Gasteiger partial charge in [0.05, 0.1) is 23.3 Å². The summed E-state index contributed by atoms with van der Waals surface area (Å²) in [7, 11) is 1.89. The lowest BCUT2D eigenvalue weighted by Crippen LogP contribution is -2.32. The highest BCUT2D eigenvalue weighted by Gasteiger charge is 2.16. The topological polar surface area (TPSA) is 81.8 Å². The fourth-order valence-corrected chi connectivity index (χ4v) is 3.13. The number of hydrogen-bond donors (Lipinski definition) is 1. The van der Waals surface area contributed by atoms with Crippen molar-refractivity contribution in [3.63, 3.8) is 0 Å². The summed E-state index contributed by atoms with van der Waals surface area (Å²) in [6, 6.07) is 18.5. The maximum Gasteiger partial charge on any atom is 0.276 e. The lowest BCUT2D eigenvalue weighted by Gasteiger charge is -2.11. The molecule has 1 N–H and O–H groups in total. The number of para-hydroxylation sites is 3. The van der Waals surface area contributed by atoms with Gasteiger partial charge in [-0.3, -0.25) is 9.59 Å². The minimum atomic E-state index is -0.526. The molecule has 1 amide bonds. The van der Waals surface area contributed by atoms with E-state index in [0.29, 0.717) is 11.5 Å². The van der Waals surface area contributed by atoms with Gasteiger partial charge in [0.1, 0.15) is 5.82 Å². The van der Waals surface area contributed by atoms with Gasteiger partial charge in [0, 0.05) is 18.8 Å². The van der Waals surface area contributed by atoms with Crippen LogP contribution in [0, 0.1) is 6.92 Å². The lowest BCUT2D eigenvalue weighted by molar-refractivity contribution is 0.0941. The van der Waals surface area contributed by atoms with Gasteiger partial charge in [0.25, 0.3) is 5.91 Å². The highest BCUT2D eigenvalue weighted by molar-refractivity contribution is 5.92. The first kappa shape index (κ1) is 17.7. The number of nitrogens with zero attached hydrogens (tertiary/aromatic N) is 4. The Morgan fingerprint density at radius 2 is 1.79 bits per heavy atom. The molecule has 0 aliphatic carbocycles. The van der Waals surface area contributed by atoms with Crippen molar-refractivity contribution in [3.8, 4) is 5.69 Å². The van der Waals surface area contributed by atoms with Crippen molar-refractivity contribution >= 4 is 16.9 Å². The SMILES string of the molecule is Cc1cc(=O)c(C(=O)NCc2nc3ccccc3n2C)nn1-c1ccccc1. The highest BCUT2D eigenvalue weighted by atomic mass is 16.2. The second-order valence-corrected chi connectivity index (χ2v) is 6.50. The minimum absolute atomic E-state index is 0.145. The summed E-state index contributed by atoms with van der Waals surface area (Å²) >= 11 is 0. The van der Waals surface area contributed by atoms with Crippen LogP contribution in [0.15, 0.2) is 65.5 Å². The Kier molecular flexibility index (Phi) is 4.49. The van der Waals surface area contributed by atoms with Crippen LogP contribution < -0.4 is 10.7 Å². The molecule has 0 fully saturated rings. The molecule has 0 atom stereocenters. The minimum Gasteiger partial charge on any atom is -0.343 e. The van der Waals surface area contributed by atoms with Crippen LogP contribution >= 0.6 is 0 Å². The second kappa shape index (κ2) is 7.11. The van der Waals surface area contributed by atoms with Crippen LogP contribution in [-0.2, 0) is 13.6 Å². The molecule has 0 saturated carbocycles. The third-order valence-corrected chi connectivity index (χ3v) is 4.61. The molecule has 0 aliphatic rings. The summed E-state index contributed by atoms with van der Waals surface area (Å²) in [5, 5.41) is 7.04. The maximum absolute atomic E-state index is 12.6. The number of imidazole rings is 1. The Morgan fingerprint density at radius 3 is 2.54 bits per heavy atom. The highest BCUT2D eigenvalue weighted by Crippen LogP contribution is 2.14. The molecule has 0 aliphatic heterocycles. The fourth-order valence-electron chi connectivity index (χ4n) is 3.13. The van der Waals surface area contributed by atoms with Gasteiger partial charge in [-0.25, -0.2) is 9.67 Å². The van der Waals surface area contributed by atoms with Gasteiger partial charge in [-0.05, 0) is 31.2 Å². The Morgan fingerprint density at radius 1 is 1.07 bits per heavy atom. The number of nitrogens with one attached hydrogen (secondary N) is 1. The Balaban J connectivity index is 1.61. The largest absolute Gasteiger partial charge is 0.343 e. The monoisotopic (exact) mass is 373 g/mol. The van der Waals surface area contributed by atoms with Gasteiger partial charge in [-0.15, -0.1) is 0 Å². The Bertz CT molecular complexity index is 1220. The van der Waals surface area contributed by atoms with Crippen LogP contribution in [0.4, 0.5) is 0 Å². The zero-order chi connectivity index (χ0) is 19.7. The summed E-state index contributed by atoms with van der Waals surface area (Å²) in [5.74, 6) is 0.173. The standard InChI is InChI=1S/C21H19N5O2/c1-14-12-18(27)20(24-26(14)15-8-4-3-5-9-15)21(28)22-13-19-23-16-10-6-7-11-17(16)25(19)2/h3-12H,13H2,1-2H3,(H,22,28). The van der Waals surface area contributed by atoms with Crippen LogP contribution in [0.25, 0.3) is 16.7 Å². The smallest absolute Gasteiger partial charge is 0.276 e. The molecular weight excluding hydrogens is 354 g/mol. The van der Waals surface area contributed by atoms with Gasteiger partial charge >= 0.3 is 0 Å². The van der Waals surface area contributed by atoms with Crippen molar-refractivity contribution in [3.05, 3.63) is 88.1 Å². The molecule has 2 aromatic carbocycles. The molecule has 4 aromatic rings. The summed E-state index contributed by atoms with van der Waals surface area (Å²) < 4.78 is 3.51. The first-order valence-electron chi connectivity index (χ1n) is 8.89. The zero-order valence-electron chi connectivity index (χ0n) is 15.6. The van der Waals surface area contributed by atoms with E-state index < -0.39 is 11.3 Å². The van der Waals surface area contributed by atoms with Crippen molar-refractivity contribution in [2.45, 2.75) is 13.5 Å². The molecule has 0 bridgehead atoms. The molecule has 0 saturated heterocycles. The van der Waals surface area contributed by atoms with Gasteiger partial charge < -0.3 is 9.88 Å². The number of aryl methyl sites for hydroxylation is 2. The molecule has 2 heterocycles. The molecule has 0 spiro atoms. The predicted octanol–water partition coefficient (Wildman–Crippen LogP) is 2.36. The van der Waals surface area contributed by atoms with E-state index >= 15 is 0 Å². The molecule has 2 aromatic heterocycles. The molecular formula is C21H19N5O2. The van der Waals surface area contributed by atoms with E-state index in [2.05, 4.69) is 15.4 Å². The molecule has 4 rings (SSSR count). The van der Waals surface area contributed by atoms with Crippen LogP contribution in [0.2, 0.25) is 0 Å². The van der Waals surface area contributed by atoms with E-state index in [4.69, 9.17) is 0 Å². The maximum atomic E-state index is 12.6. The van der Waals surface area contributed by atoms with Crippen molar-refractivity contribution in [1.29, 1.82) is 0 Å². The van der Waals surface area contributed by atoms with Crippen LogP contribution in [0.5, 0.6) is 0 Å². The van der Waals surface area contributed by atoms with Crippen molar-refractivity contribution < 1.29 is 4.79 Å². The number of hydrogen-bond acceptors (Lipinski definition) is 4. The summed E-state index contributed by atoms with van der Waals surface area (Å²) in [5.41, 5.74) is 2.72. The average molecular weight is 373 g/mol. The molecule has 140 valence electrons. The number of aromatic nitrogens is 4. The molecule has 0 unspecified atom stereocenters. The number of benzene rings is 2. The average Bonchev–Trinajstić information content (AvgIpc) is 3.03. The zero-order valence-corrected chi connectivity index (χ0v) is 15.6. The second-order valence-electron chi connectivity index (χ2n) is 6.50. The summed E-state index contributed by atoms with van der Waals surface area (Å²) in [6.07, 6.45) is 0. The number of rotatable bonds is 4. The quantitative estimate of drug-likeness (QED) is 0.595. The number of amides is 1. The molecule has 28 heavy (non-hydrogen) atoms. The van der Waals surface area contributed by atoms with Gasteiger partial charge in [0.15, 0.2) is 5.69 Å².